The predicted octanol–water partition coefficient (Wildman–Crippen LogP) is 1.27. The predicted molar refractivity (Wildman–Crippen MR) is 66.2 cm³/mol. The van der Waals surface area contributed by atoms with Crippen LogP contribution in [0.3, 0.4) is 0 Å². The van der Waals surface area contributed by atoms with Gasteiger partial charge in [-0.25, -0.2) is 4.98 Å². The lowest BCUT2D eigenvalue weighted by molar-refractivity contribution is -0.119. The van der Waals surface area contributed by atoms with Crippen molar-refractivity contribution in [3.8, 4) is 0 Å². The van der Waals surface area contributed by atoms with Gasteiger partial charge in [-0.3, -0.25) is 4.79 Å². The van der Waals surface area contributed by atoms with Gasteiger partial charge in [0.05, 0.1) is 5.69 Å². The molecule has 0 aromatic carbocycles. The molecule has 0 bridgehead atoms. The molecule has 1 fully saturated rings. The fourth-order valence-electron chi connectivity index (χ4n) is 1.99. The van der Waals surface area contributed by atoms with Crippen molar-refractivity contribution in [1.29, 1.82) is 0 Å². The molecular formula is C12H17N3O2. The fraction of sp³-hybridized carbons (Fsp3) is 0.500. The molecule has 5 heteroatoms. The van der Waals surface area contributed by atoms with Crippen LogP contribution in [-0.4, -0.2) is 37.7 Å². The third-order valence-corrected chi connectivity index (χ3v) is 2.74. The van der Waals surface area contributed by atoms with Crippen molar-refractivity contribution in [2.45, 2.75) is 12.8 Å². The minimum atomic E-state index is -0.152. The Labute approximate surface area is 101 Å². The highest BCUT2D eigenvalue weighted by Crippen LogP contribution is 2.25. The van der Waals surface area contributed by atoms with Crippen molar-refractivity contribution >= 4 is 17.4 Å². The highest BCUT2D eigenvalue weighted by Gasteiger charge is 2.17. The van der Waals surface area contributed by atoms with Crippen molar-refractivity contribution in [3.05, 3.63) is 18.3 Å². The van der Waals surface area contributed by atoms with Crippen LogP contribution in [0, 0.1) is 0 Å². The van der Waals surface area contributed by atoms with E-state index in [9.17, 15) is 4.79 Å². The largest absolute Gasteiger partial charge is 0.375 e. The van der Waals surface area contributed by atoms with Gasteiger partial charge in [-0.15, -0.1) is 0 Å². The van der Waals surface area contributed by atoms with E-state index in [1.807, 2.05) is 12.1 Å². The number of nitrogens with zero attached hydrogens (tertiary/aromatic N) is 2. The molecule has 0 unspecified atom stereocenters. The van der Waals surface area contributed by atoms with E-state index in [4.69, 9.17) is 4.74 Å². The standard InChI is InChI=1S/C12H17N3O2/c1-17-9-11(16)14-10-5-4-6-13-12(10)15-7-2-3-8-15/h4-6H,2-3,7-9H2,1H3,(H,14,16). The molecule has 0 aliphatic carbocycles. The van der Waals surface area contributed by atoms with E-state index in [-0.39, 0.29) is 12.5 Å². The summed E-state index contributed by atoms with van der Waals surface area (Å²) in [5.41, 5.74) is 0.761. The van der Waals surface area contributed by atoms with E-state index in [0.29, 0.717) is 0 Å². The zero-order valence-electron chi connectivity index (χ0n) is 9.98. The molecule has 1 aromatic rings. The Morgan fingerprint density at radius 2 is 2.29 bits per heavy atom. The van der Waals surface area contributed by atoms with Gasteiger partial charge in [0, 0.05) is 26.4 Å². The average molecular weight is 235 g/mol. The smallest absolute Gasteiger partial charge is 0.250 e. The Bertz CT molecular complexity index is 389. The third kappa shape index (κ3) is 2.94. The number of hydrogen-bond acceptors (Lipinski definition) is 4. The lowest BCUT2D eigenvalue weighted by Gasteiger charge is -2.19. The summed E-state index contributed by atoms with van der Waals surface area (Å²) < 4.78 is 4.80. The van der Waals surface area contributed by atoms with E-state index < -0.39 is 0 Å². The second-order valence-electron chi connectivity index (χ2n) is 4.05. The van der Waals surface area contributed by atoms with Gasteiger partial charge in [-0.2, -0.15) is 0 Å². The van der Waals surface area contributed by atoms with Crippen LogP contribution in [0.15, 0.2) is 18.3 Å². The molecule has 1 aliphatic rings. The van der Waals surface area contributed by atoms with Gasteiger partial charge >= 0.3 is 0 Å². The summed E-state index contributed by atoms with van der Waals surface area (Å²) in [6.07, 6.45) is 4.11. The van der Waals surface area contributed by atoms with Gasteiger partial charge < -0.3 is 15.0 Å². The molecule has 5 nitrogen and oxygen atoms in total. The van der Waals surface area contributed by atoms with Gasteiger partial charge in [0.2, 0.25) is 5.91 Å². The number of nitrogens with one attached hydrogen (secondary N) is 1. The van der Waals surface area contributed by atoms with Gasteiger partial charge in [-0.1, -0.05) is 0 Å². The molecule has 92 valence electrons. The second-order valence-corrected chi connectivity index (χ2v) is 4.05. The Morgan fingerprint density at radius 3 is 3.00 bits per heavy atom. The highest BCUT2D eigenvalue weighted by molar-refractivity contribution is 5.94. The molecule has 1 N–H and O–H groups in total. The van der Waals surface area contributed by atoms with E-state index in [1.165, 1.54) is 20.0 Å². The van der Waals surface area contributed by atoms with Crippen molar-refractivity contribution < 1.29 is 9.53 Å². The Kier molecular flexibility index (Phi) is 3.93. The lowest BCUT2D eigenvalue weighted by Crippen LogP contribution is -2.23. The first-order valence-electron chi connectivity index (χ1n) is 5.80. The second kappa shape index (κ2) is 5.63. The van der Waals surface area contributed by atoms with Crippen LogP contribution in [0.25, 0.3) is 0 Å². The van der Waals surface area contributed by atoms with E-state index >= 15 is 0 Å². The number of methoxy groups -OCH3 is 1. The zero-order chi connectivity index (χ0) is 12.1. The molecule has 1 aliphatic heterocycles. The van der Waals surface area contributed by atoms with E-state index in [1.54, 1.807) is 6.20 Å². The van der Waals surface area contributed by atoms with Gasteiger partial charge in [0.25, 0.3) is 0 Å². The first-order valence-corrected chi connectivity index (χ1v) is 5.80. The lowest BCUT2D eigenvalue weighted by atomic mass is 10.3. The summed E-state index contributed by atoms with van der Waals surface area (Å²) >= 11 is 0. The topological polar surface area (TPSA) is 54.5 Å². The van der Waals surface area contributed by atoms with Gasteiger partial charge in [-0.05, 0) is 25.0 Å². The summed E-state index contributed by atoms with van der Waals surface area (Å²) in [5, 5.41) is 2.82. The summed E-state index contributed by atoms with van der Waals surface area (Å²) in [4.78, 5) is 18.0. The zero-order valence-corrected chi connectivity index (χ0v) is 9.98. The average Bonchev–Trinajstić information content (AvgIpc) is 2.83. The number of hydrogen-bond donors (Lipinski definition) is 1. The summed E-state index contributed by atoms with van der Waals surface area (Å²) in [6, 6.07) is 3.69. The summed E-state index contributed by atoms with van der Waals surface area (Å²) in [6.45, 7) is 2.07. The SMILES string of the molecule is COCC(=O)Nc1cccnc1N1CCCC1. The first kappa shape index (κ1) is 11.9. The molecule has 1 amide bonds. The van der Waals surface area contributed by atoms with Crippen LogP contribution >= 0.6 is 0 Å². The number of amides is 1. The van der Waals surface area contributed by atoms with Crippen molar-refractivity contribution in [3.63, 3.8) is 0 Å². The van der Waals surface area contributed by atoms with Crippen LogP contribution in [-0.2, 0) is 9.53 Å². The quantitative estimate of drug-likeness (QED) is 0.853. The molecule has 0 atom stereocenters. The molecule has 0 saturated carbocycles. The van der Waals surface area contributed by atoms with Gasteiger partial charge in [0.15, 0.2) is 5.82 Å². The number of anilines is 2. The number of carbonyl (C=O) groups excluding carboxylic acids is 1. The first-order chi connectivity index (χ1) is 8.31. The third-order valence-electron chi connectivity index (χ3n) is 2.74. The van der Waals surface area contributed by atoms with Crippen LogP contribution in [0.1, 0.15) is 12.8 Å². The number of aromatic nitrogens is 1. The number of carbonyl (C=O) groups is 1. The summed E-state index contributed by atoms with van der Waals surface area (Å²) in [7, 11) is 1.50. The van der Waals surface area contributed by atoms with E-state index in [0.717, 1.165) is 24.6 Å². The van der Waals surface area contributed by atoms with Gasteiger partial charge in [0.1, 0.15) is 6.61 Å². The maximum Gasteiger partial charge on any atom is 0.250 e. The van der Waals surface area contributed by atoms with Crippen LogP contribution in [0.5, 0.6) is 0 Å². The van der Waals surface area contributed by atoms with Crippen molar-refractivity contribution in [1.82, 2.24) is 4.98 Å². The van der Waals surface area contributed by atoms with Crippen molar-refractivity contribution in [2.75, 3.05) is 37.0 Å². The normalized spacial score (nSPS) is 15.0. The maximum absolute atomic E-state index is 11.5. The highest BCUT2D eigenvalue weighted by atomic mass is 16.5. The summed E-state index contributed by atoms with van der Waals surface area (Å²) in [5.74, 6) is 0.704. The molecule has 17 heavy (non-hydrogen) atoms. The monoisotopic (exact) mass is 235 g/mol. The molecule has 2 rings (SSSR count). The molecule has 1 saturated heterocycles. The molecule has 1 aromatic heterocycles. The molecule has 0 spiro atoms. The molecule has 0 radical (unpaired) electrons. The van der Waals surface area contributed by atoms with Crippen molar-refractivity contribution in [2.24, 2.45) is 0 Å². The molecule has 2 heterocycles. The Balaban J connectivity index is 2.12. The Hall–Kier alpha value is -1.62. The van der Waals surface area contributed by atoms with E-state index in [2.05, 4.69) is 15.2 Å². The minimum Gasteiger partial charge on any atom is -0.375 e. The van der Waals surface area contributed by atoms with Crippen LogP contribution < -0.4 is 10.2 Å². The van der Waals surface area contributed by atoms with Crippen LogP contribution in [0.2, 0.25) is 0 Å². The maximum atomic E-state index is 11.5. The number of rotatable bonds is 4. The van der Waals surface area contributed by atoms with Crippen LogP contribution in [0.4, 0.5) is 11.5 Å². The number of pyridine rings is 1. The number of ether oxygens (including phenoxy) is 1. The molecular weight excluding hydrogens is 218 g/mol. The fourth-order valence-corrected chi connectivity index (χ4v) is 1.99. The minimum absolute atomic E-state index is 0.0638. The Morgan fingerprint density at radius 1 is 1.53 bits per heavy atom.